The molecular weight excluding hydrogens is 321 g/mol. The predicted octanol–water partition coefficient (Wildman–Crippen LogP) is 4.01. The standard InChI is InChI=1S/C16H15F3N4O/c17-10-1-2-13-11(7-10)12(8-20-13)9-3-5-23(6-4-9)16-22-21-15(24-16)14(18)19/h1-2,7-9,14,20H,3-6H2. The topological polar surface area (TPSA) is 58.0 Å². The van der Waals surface area contributed by atoms with Gasteiger partial charge in [0.15, 0.2) is 0 Å². The number of fused-ring (bicyclic) bond motifs is 1. The number of H-pyrrole nitrogens is 1. The number of hydrogen-bond donors (Lipinski definition) is 1. The Hall–Kier alpha value is -2.51. The van der Waals surface area contributed by atoms with E-state index in [1.54, 1.807) is 12.1 Å². The van der Waals surface area contributed by atoms with Crippen LogP contribution in [0.3, 0.4) is 0 Å². The number of nitrogens with zero attached hydrogens (tertiary/aromatic N) is 3. The fraction of sp³-hybridized carbons (Fsp3) is 0.375. The molecular formula is C16H15F3N4O. The van der Waals surface area contributed by atoms with E-state index in [0.717, 1.165) is 29.3 Å². The molecule has 1 fully saturated rings. The summed E-state index contributed by atoms with van der Waals surface area (Å²) in [6.07, 6.45) is 0.766. The van der Waals surface area contributed by atoms with E-state index in [4.69, 9.17) is 4.42 Å². The van der Waals surface area contributed by atoms with Crippen molar-refractivity contribution in [3.8, 4) is 0 Å². The number of halogens is 3. The van der Waals surface area contributed by atoms with Crippen molar-refractivity contribution in [1.82, 2.24) is 15.2 Å². The molecule has 4 rings (SSSR count). The van der Waals surface area contributed by atoms with Gasteiger partial charge in [0, 0.05) is 30.2 Å². The summed E-state index contributed by atoms with van der Waals surface area (Å²) >= 11 is 0. The van der Waals surface area contributed by atoms with Gasteiger partial charge >= 0.3 is 12.4 Å². The third-order valence-electron chi connectivity index (χ3n) is 4.50. The maximum atomic E-state index is 13.5. The summed E-state index contributed by atoms with van der Waals surface area (Å²) in [4.78, 5) is 4.98. The molecule has 0 bridgehead atoms. The van der Waals surface area contributed by atoms with E-state index in [2.05, 4.69) is 15.2 Å². The lowest BCUT2D eigenvalue weighted by Gasteiger charge is -2.30. The van der Waals surface area contributed by atoms with Crippen LogP contribution < -0.4 is 4.90 Å². The monoisotopic (exact) mass is 336 g/mol. The van der Waals surface area contributed by atoms with Crippen LogP contribution in [0, 0.1) is 5.82 Å². The van der Waals surface area contributed by atoms with Crippen molar-refractivity contribution in [3.63, 3.8) is 0 Å². The quantitative estimate of drug-likeness (QED) is 0.785. The van der Waals surface area contributed by atoms with Crippen LogP contribution in [-0.4, -0.2) is 28.3 Å². The van der Waals surface area contributed by atoms with E-state index in [1.807, 2.05) is 11.1 Å². The fourth-order valence-corrected chi connectivity index (χ4v) is 3.28. The first-order valence-electron chi connectivity index (χ1n) is 7.75. The Kier molecular flexibility index (Phi) is 3.66. The highest BCUT2D eigenvalue weighted by molar-refractivity contribution is 5.83. The number of rotatable bonds is 3. The number of benzene rings is 1. The van der Waals surface area contributed by atoms with Gasteiger partial charge in [-0.25, -0.2) is 4.39 Å². The van der Waals surface area contributed by atoms with Crippen molar-refractivity contribution in [1.29, 1.82) is 0 Å². The van der Waals surface area contributed by atoms with E-state index in [1.165, 1.54) is 6.07 Å². The number of aromatic amines is 1. The molecule has 2 aromatic heterocycles. The molecule has 0 saturated carbocycles. The number of nitrogens with one attached hydrogen (secondary N) is 1. The van der Waals surface area contributed by atoms with Gasteiger partial charge in [0.05, 0.1) is 0 Å². The molecule has 0 amide bonds. The lowest BCUT2D eigenvalue weighted by Crippen LogP contribution is -2.33. The van der Waals surface area contributed by atoms with Gasteiger partial charge in [0.1, 0.15) is 5.82 Å². The Bertz CT molecular complexity index is 852. The SMILES string of the molecule is Fc1ccc2[nH]cc(C3CCN(c4nnc(C(F)F)o4)CC3)c2c1. The van der Waals surface area contributed by atoms with Crippen LogP contribution in [0.5, 0.6) is 0 Å². The molecule has 1 saturated heterocycles. The third kappa shape index (κ3) is 2.61. The van der Waals surface area contributed by atoms with E-state index in [-0.39, 0.29) is 17.7 Å². The molecule has 8 heteroatoms. The molecule has 0 radical (unpaired) electrons. The Balaban J connectivity index is 1.50. The van der Waals surface area contributed by atoms with Gasteiger partial charge in [-0.2, -0.15) is 8.78 Å². The number of piperidine rings is 1. The first kappa shape index (κ1) is 15.0. The zero-order valence-electron chi connectivity index (χ0n) is 12.7. The molecule has 1 N–H and O–H groups in total. The van der Waals surface area contributed by atoms with Crippen LogP contribution in [-0.2, 0) is 0 Å². The van der Waals surface area contributed by atoms with E-state index in [9.17, 15) is 13.2 Å². The van der Waals surface area contributed by atoms with Gasteiger partial charge < -0.3 is 14.3 Å². The summed E-state index contributed by atoms with van der Waals surface area (Å²) < 4.78 is 43.6. The molecule has 3 aromatic rings. The van der Waals surface area contributed by atoms with Gasteiger partial charge in [0.2, 0.25) is 0 Å². The van der Waals surface area contributed by atoms with Crippen LogP contribution >= 0.6 is 0 Å². The van der Waals surface area contributed by atoms with Gasteiger partial charge in [-0.15, -0.1) is 5.10 Å². The molecule has 1 aliphatic heterocycles. The van der Waals surface area contributed by atoms with Crippen molar-refractivity contribution in [2.45, 2.75) is 25.2 Å². The lowest BCUT2D eigenvalue weighted by atomic mass is 9.89. The lowest BCUT2D eigenvalue weighted by molar-refractivity contribution is 0.115. The van der Waals surface area contributed by atoms with E-state index >= 15 is 0 Å². The number of hydrogen-bond acceptors (Lipinski definition) is 4. The van der Waals surface area contributed by atoms with Crippen molar-refractivity contribution in [2.75, 3.05) is 18.0 Å². The van der Waals surface area contributed by atoms with E-state index < -0.39 is 12.3 Å². The molecule has 24 heavy (non-hydrogen) atoms. The van der Waals surface area contributed by atoms with Crippen molar-refractivity contribution < 1.29 is 17.6 Å². The summed E-state index contributed by atoms with van der Waals surface area (Å²) in [6.45, 7) is 1.25. The molecule has 1 aromatic carbocycles. The summed E-state index contributed by atoms with van der Waals surface area (Å²) in [7, 11) is 0. The Morgan fingerprint density at radius 2 is 2.00 bits per heavy atom. The van der Waals surface area contributed by atoms with Crippen molar-refractivity contribution in [2.24, 2.45) is 0 Å². The highest BCUT2D eigenvalue weighted by Crippen LogP contribution is 2.34. The second-order valence-electron chi connectivity index (χ2n) is 5.92. The average molecular weight is 336 g/mol. The Morgan fingerprint density at radius 3 is 2.71 bits per heavy atom. The number of alkyl halides is 2. The minimum Gasteiger partial charge on any atom is -0.402 e. The second-order valence-corrected chi connectivity index (χ2v) is 5.92. The van der Waals surface area contributed by atoms with Gasteiger partial charge in [-0.1, -0.05) is 5.10 Å². The largest absolute Gasteiger partial charge is 0.402 e. The summed E-state index contributed by atoms with van der Waals surface area (Å²) in [6, 6.07) is 4.84. The first-order chi connectivity index (χ1) is 11.6. The normalized spacial score (nSPS) is 16.4. The molecule has 0 atom stereocenters. The zero-order valence-corrected chi connectivity index (χ0v) is 12.7. The molecule has 0 spiro atoms. The maximum Gasteiger partial charge on any atom is 0.318 e. The van der Waals surface area contributed by atoms with Gasteiger partial charge in [-0.05, 0) is 42.5 Å². The van der Waals surface area contributed by atoms with Crippen LogP contribution in [0.2, 0.25) is 0 Å². The highest BCUT2D eigenvalue weighted by Gasteiger charge is 2.26. The van der Waals surface area contributed by atoms with E-state index in [0.29, 0.717) is 13.1 Å². The van der Waals surface area contributed by atoms with Crippen LogP contribution in [0.15, 0.2) is 28.8 Å². The van der Waals surface area contributed by atoms with Crippen molar-refractivity contribution >= 4 is 16.9 Å². The number of anilines is 1. The molecule has 0 unspecified atom stereocenters. The van der Waals surface area contributed by atoms with Crippen molar-refractivity contribution in [3.05, 3.63) is 41.7 Å². The zero-order chi connectivity index (χ0) is 16.7. The Labute approximate surface area is 135 Å². The maximum absolute atomic E-state index is 13.5. The van der Waals surface area contributed by atoms with Crippen LogP contribution in [0.25, 0.3) is 10.9 Å². The average Bonchev–Trinajstić information content (AvgIpc) is 3.22. The summed E-state index contributed by atoms with van der Waals surface area (Å²) in [5.74, 6) is -0.639. The summed E-state index contributed by atoms with van der Waals surface area (Å²) in [5, 5.41) is 7.93. The van der Waals surface area contributed by atoms with Gasteiger partial charge in [-0.3, -0.25) is 0 Å². The molecule has 1 aliphatic rings. The minimum absolute atomic E-state index is 0.133. The molecule has 3 heterocycles. The fourth-order valence-electron chi connectivity index (χ4n) is 3.28. The molecule has 5 nitrogen and oxygen atoms in total. The molecule has 126 valence electrons. The first-order valence-corrected chi connectivity index (χ1v) is 7.75. The van der Waals surface area contributed by atoms with Gasteiger partial charge in [0.25, 0.3) is 5.89 Å². The van der Waals surface area contributed by atoms with Crippen LogP contribution in [0.4, 0.5) is 19.2 Å². The second kappa shape index (κ2) is 5.85. The predicted molar refractivity (Wildman–Crippen MR) is 81.7 cm³/mol. The molecule has 0 aliphatic carbocycles. The minimum atomic E-state index is -2.76. The third-order valence-corrected chi connectivity index (χ3v) is 4.50. The number of aromatic nitrogens is 3. The highest BCUT2D eigenvalue weighted by atomic mass is 19.3. The Morgan fingerprint density at radius 1 is 1.21 bits per heavy atom. The van der Waals surface area contributed by atoms with Crippen LogP contribution in [0.1, 0.15) is 36.6 Å². The summed E-state index contributed by atoms with van der Waals surface area (Å²) in [5.41, 5.74) is 2.00. The smallest absolute Gasteiger partial charge is 0.318 e.